The molecule has 0 fully saturated rings. The third-order valence-electron chi connectivity index (χ3n) is 2.41. The normalized spacial score (nSPS) is 14.0. The van der Waals surface area contributed by atoms with Crippen LogP contribution in [0.1, 0.15) is 23.7 Å². The minimum Gasteiger partial charge on any atom is -0.349 e. The molecule has 0 radical (unpaired) electrons. The first-order chi connectivity index (χ1) is 8.41. The lowest BCUT2D eigenvalue weighted by Crippen LogP contribution is -2.34. The molecule has 0 aliphatic rings. The molecule has 0 aliphatic carbocycles. The zero-order chi connectivity index (χ0) is 13.7. The van der Waals surface area contributed by atoms with Crippen LogP contribution in [0.3, 0.4) is 0 Å². The van der Waals surface area contributed by atoms with E-state index in [2.05, 4.69) is 21.2 Å². The summed E-state index contributed by atoms with van der Waals surface area (Å²) in [5, 5.41) is 2.69. The molecule has 100 valence electrons. The maximum Gasteiger partial charge on any atom is 0.254 e. The zero-order valence-electron chi connectivity index (χ0n) is 10.2. The molecule has 0 aliphatic heterocycles. The summed E-state index contributed by atoms with van der Waals surface area (Å²) in [6, 6.07) is 4.43. The molecule has 0 saturated heterocycles. The summed E-state index contributed by atoms with van der Waals surface area (Å²) in [5.41, 5.74) is 0.00819. The van der Waals surface area contributed by atoms with Crippen molar-refractivity contribution < 1.29 is 13.4 Å². The van der Waals surface area contributed by atoms with E-state index in [9.17, 15) is 13.4 Å². The number of nitrogens with one attached hydrogen (secondary N) is 1. The van der Waals surface area contributed by atoms with Crippen molar-refractivity contribution in [1.82, 2.24) is 5.32 Å². The van der Waals surface area contributed by atoms with Crippen molar-refractivity contribution in [2.75, 3.05) is 12.0 Å². The largest absolute Gasteiger partial charge is 0.349 e. The molecule has 1 aromatic rings. The highest BCUT2D eigenvalue weighted by Gasteiger charge is 2.15. The van der Waals surface area contributed by atoms with Gasteiger partial charge >= 0.3 is 0 Å². The Bertz CT molecular complexity index is 467. The summed E-state index contributed by atoms with van der Waals surface area (Å²) in [5.74, 6) is -0.507. The predicted molar refractivity (Wildman–Crippen MR) is 74.6 cm³/mol. The Kier molecular flexibility index (Phi) is 5.95. The van der Waals surface area contributed by atoms with Gasteiger partial charge in [-0.15, -0.1) is 0 Å². The van der Waals surface area contributed by atoms with Crippen molar-refractivity contribution in [3.05, 3.63) is 34.1 Å². The van der Waals surface area contributed by atoms with E-state index in [4.69, 9.17) is 0 Å². The maximum atomic E-state index is 13.7. The topological polar surface area (TPSA) is 46.2 Å². The third kappa shape index (κ3) is 4.49. The van der Waals surface area contributed by atoms with Crippen molar-refractivity contribution >= 4 is 32.6 Å². The van der Waals surface area contributed by atoms with Crippen LogP contribution in [-0.4, -0.2) is 28.2 Å². The highest BCUT2D eigenvalue weighted by atomic mass is 79.9. The Labute approximate surface area is 117 Å². The van der Waals surface area contributed by atoms with Crippen LogP contribution < -0.4 is 5.32 Å². The molecule has 0 heterocycles. The summed E-state index contributed by atoms with van der Waals surface area (Å²) in [4.78, 5) is 11.8. The number of rotatable bonds is 5. The molecule has 18 heavy (non-hydrogen) atoms. The van der Waals surface area contributed by atoms with E-state index in [1.807, 2.05) is 0 Å². The maximum absolute atomic E-state index is 13.7. The van der Waals surface area contributed by atoms with Crippen molar-refractivity contribution in [3.8, 4) is 0 Å². The van der Waals surface area contributed by atoms with E-state index in [1.165, 1.54) is 12.1 Å². The summed E-state index contributed by atoms with van der Waals surface area (Å²) in [6.07, 6.45) is 2.22. The van der Waals surface area contributed by atoms with Crippen molar-refractivity contribution in [1.29, 1.82) is 0 Å². The fourth-order valence-corrected chi connectivity index (χ4v) is 2.45. The molecule has 1 aromatic carbocycles. The van der Waals surface area contributed by atoms with Crippen LogP contribution in [-0.2, 0) is 10.8 Å². The van der Waals surface area contributed by atoms with Crippen LogP contribution >= 0.6 is 15.9 Å². The second-order valence-corrected chi connectivity index (χ2v) is 6.45. The first-order valence-electron chi connectivity index (χ1n) is 5.46. The monoisotopic (exact) mass is 335 g/mol. The van der Waals surface area contributed by atoms with Gasteiger partial charge in [0, 0.05) is 28.9 Å². The van der Waals surface area contributed by atoms with Gasteiger partial charge in [0.1, 0.15) is 5.82 Å². The minimum absolute atomic E-state index is 0.00819. The molecule has 2 unspecified atom stereocenters. The standard InChI is InChI=1S/C12H15BrFNO2S/c1-8(6-7-18(2)17)15-12(16)9-4-3-5-10(13)11(9)14/h3-5,8H,6-7H2,1-2H3,(H,15,16). The van der Waals surface area contributed by atoms with Crippen LogP contribution in [0.25, 0.3) is 0 Å². The quantitative estimate of drug-likeness (QED) is 0.898. The summed E-state index contributed by atoms with van der Waals surface area (Å²) in [7, 11) is -0.886. The average molecular weight is 336 g/mol. The number of carbonyl (C=O) groups excluding carboxylic acids is 1. The molecule has 1 N–H and O–H groups in total. The first kappa shape index (κ1) is 15.3. The second kappa shape index (κ2) is 6.99. The van der Waals surface area contributed by atoms with Gasteiger partial charge in [-0.05, 0) is 41.4 Å². The van der Waals surface area contributed by atoms with Gasteiger partial charge in [-0.25, -0.2) is 4.39 Å². The number of benzene rings is 1. The molecular formula is C12H15BrFNO2S. The van der Waals surface area contributed by atoms with Crippen molar-refractivity contribution in [2.24, 2.45) is 0 Å². The van der Waals surface area contributed by atoms with E-state index in [0.29, 0.717) is 12.2 Å². The Hall–Kier alpha value is -0.750. The van der Waals surface area contributed by atoms with Gasteiger partial charge in [0.2, 0.25) is 0 Å². The SMILES string of the molecule is CC(CCS(C)=O)NC(=O)c1cccc(Br)c1F. The second-order valence-electron chi connectivity index (χ2n) is 4.04. The van der Waals surface area contributed by atoms with Gasteiger partial charge in [-0.2, -0.15) is 0 Å². The van der Waals surface area contributed by atoms with E-state index < -0.39 is 22.5 Å². The summed E-state index contributed by atoms with van der Waals surface area (Å²) < 4.78 is 24.9. The lowest BCUT2D eigenvalue weighted by Gasteiger charge is -2.13. The van der Waals surface area contributed by atoms with Crippen LogP contribution in [0.2, 0.25) is 0 Å². The van der Waals surface area contributed by atoms with E-state index >= 15 is 0 Å². The molecule has 3 nitrogen and oxygen atoms in total. The molecule has 0 saturated carbocycles. The summed E-state index contributed by atoms with van der Waals surface area (Å²) in [6.45, 7) is 1.81. The first-order valence-corrected chi connectivity index (χ1v) is 7.98. The molecule has 1 amide bonds. The number of halogens is 2. The summed E-state index contributed by atoms with van der Waals surface area (Å²) >= 11 is 3.04. The van der Waals surface area contributed by atoms with E-state index in [1.54, 1.807) is 19.2 Å². The zero-order valence-corrected chi connectivity index (χ0v) is 12.6. The molecule has 1 rings (SSSR count). The Morgan fingerprint density at radius 2 is 2.22 bits per heavy atom. The number of hydrogen-bond donors (Lipinski definition) is 1. The van der Waals surface area contributed by atoms with E-state index in [-0.39, 0.29) is 16.1 Å². The Morgan fingerprint density at radius 1 is 1.56 bits per heavy atom. The van der Waals surface area contributed by atoms with E-state index in [0.717, 1.165) is 0 Å². The van der Waals surface area contributed by atoms with Crippen molar-refractivity contribution in [2.45, 2.75) is 19.4 Å². The Morgan fingerprint density at radius 3 is 2.83 bits per heavy atom. The number of carbonyl (C=O) groups is 1. The number of amides is 1. The van der Waals surface area contributed by atoms with Gasteiger partial charge in [-0.1, -0.05) is 6.07 Å². The average Bonchev–Trinajstić information content (AvgIpc) is 2.30. The smallest absolute Gasteiger partial charge is 0.254 e. The molecule has 6 heteroatoms. The van der Waals surface area contributed by atoms with Crippen LogP contribution in [0.4, 0.5) is 4.39 Å². The lowest BCUT2D eigenvalue weighted by molar-refractivity contribution is 0.0935. The Balaban J connectivity index is 2.65. The minimum atomic E-state index is -0.886. The lowest BCUT2D eigenvalue weighted by atomic mass is 10.1. The molecular weight excluding hydrogens is 321 g/mol. The van der Waals surface area contributed by atoms with Crippen LogP contribution in [0, 0.1) is 5.82 Å². The van der Waals surface area contributed by atoms with Gasteiger partial charge in [0.25, 0.3) is 5.91 Å². The van der Waals surface area contributed by atoms with Crippen molar-refractivity contribution in [3.63, 3.8) is 0 Å². The molecule has 0 bridgehead atoms. The predicted octanol–water partition coefficient (Wildman–Crippen LogP) is 2.48. The van der Waals surface area contributed by atoms with Crippen LogP contribution in [0.15, 0.2) is 22.7 Å². The van der Waals surface area contributed by atoms with Gasteiger partial charge in [0.15, 0.2) is 0 Å². The molecule has 0 aromatic heterocycles. The highest BCUT2D eigenvalue weighted by molar-refractivity contribution is 9.10. The van der Waals surface area contributed by atoms with Gasteiger partial charge < -0.3 is 5.32 Å². The number of hydrogen-bond acceptors (Lipinski definition) is 2. The molecule has 2 atom stereocenters. The van der Waals surface area contributed by atoms with Gasteiger partial charge in [-0.3, -0.25) is 9.00 Å². The fraction of sp³-hybridized carbons (Fsp3) is 0.417. The molecule has 0 spiro atoms. The van der Waals surface area contributed by atoms with Crippen LogP contribution in [0.5, 0.6) is 0 Å². The van der Waals surface area contributed by atoms with Gasteiger partial charge in [0.05, 0.1) is 10.0 Å². The fourth-order valence-electron chi connectivity index (χ4n) is 1.40. The highest BCUT2D eigenvalue weighted by Crippen LogP contribution is 2.18. The third-order valence-corrected chi connectivity index (χ3v) is 3.84.